The topological polar surface area (TPSA) is 63.3 Å². The van der Waals surface area contributed by atoms with E-state index in [0.717, 1.165) is 6.26 Å². The van der Waals surface area contributed by atoms with Gasteiger partial charge in [-0.3, -0.25) is 4.79 Å². The standard InChI is InChI=1S/C4H7NO.C2H4O/c1-3(2)4(5)6;1-2-3/h1H2,2H3,(H2,5,6);2-3H,1H2. The summed E-state index contributed by atoms with van der Waals surface area (Å²) in [5.74, 6) is -0.435. The summed E-state index contributed by atoms with van der Waals surface area (Å²) < 4.78 is 0. The zero-order chi connectivity index (χ0) is 7.86. The third-order valence-electron chi connectivity index (χ3n) is 0.421. The largest absolute Gasteiger partial charge is 0.516 e. The van der Waals surface area contributed by atoms with E-state index in [9.17, 15) is 4.79 Å². The molecule has 3 N–H and O–H groups in total. The van der Waals surface area contributed by atoms with E-state index in [-0.39, 0.29) is 0 Å². The second kappa shape index (κ2) is 6.75. The number of nitrogens with two attached hydrogens (primary N) is 1. The summed E-state index contributed by atoms with van der Waals surface area (Å²) in [5, 5.41) is 7.33. The lowest BCUT2D eigenvalue weighted by molar-refractivity contribution is -0.114. The Morgan fingerprint density at radius 2 is 1.89 bits per heavy atom. The number of hydrogen-bond acceptors (Lipinski definition) is 2. The van der Waals surface area contributed by atoms with Crippen LogP contribution in [0.1, 0.15) is 6.92 Å². The van der Waals surface area contributed by atoms with E-state index in [1.54, 1.807) is 6.92 Å². The molecule has 0 unspecified atom stereocenters. The number of carbonyl (C=O) groups is 1. The first-order valence-electron chi connectivity index (χ1n) is 2.26. The van der Waals surface area contributed by atoms with E-state index in [4.69, 9.17) is 10.8 Å². The van der Waals surface area contributed by atoms with Crippen molar-refractivity contribution in [3.63, 3.8) is 0 Å². The zero-order valence-electron chi connectivity index (χ0n) is 5.42. The molecule has 0 heterocycles. The molecule has 0 radical (unpaired) electrons. The van der Waals surface area contributed by atoms with Crippen molar-refractivity contribution >= 4 is 5.91 Å². The monoisotopic (exact) mass is 129 g/mol. The quantitative estimate of drug-likeness (QED) is 0.405. The van der Waals surface area contributed by atoms with Crippen LogP contribution >= 0.6 is 0 Å². The van der Waals surface area contributed by atoms with Crippen LogP contribution in [0.15, 0.2) is 25.0 Å². The average molecular weight is 129 g/mol. The van der Waals surface area contributed by atoms with Gasteiger partial charge in [-0.2, -0.15) is 0 Å². The first-order chi connectivity index (χ1) is 4.06. The first kappa shape index (κ1) is 10.7. The van der Waals surface area contributed by atoms with Gasteiger partial charge in [-0.05, 0) is 6.92 Å². The van der Waals surface area contributed by atoms with Crippen LogP contribution in [0.5, 0.6) is 0 Å². The van der Waals surface area contributed by atoms with Gasteiger partial charge in [-0.1, -0.05) is 13.2 Å². The van der Waals surface area contributed by atoms with E-state index in [1.165, 1.54) is 0 Å². The minimum absolute atomic E-state index is 0.398. The number of hydrogen-bond donors (Lipinski definition) is 2. The number of aliphatic hydroxyl groups is 1. The van der Waals surface area contributed by atoms with Crippen molar-refractivity contribution in [3.05, 3.63) is 25.0 Å². The van der Waals surface area contributed by atoms with Crippen LogP contribution in [-0.2, 0) is 4.79 Å². The van der Waals surface area contributed by atoms with Crippen molar-refractivity contribution in [2.24, 2.45) is 5.73 Å². The molecule has 3 nitrogen and oxygen atoms in total. The lowest BCUT2D eigenvalue weighted by Crippen LogP contribution is -2.10. The van der Waals surface area contributed by atoms with Crippen molar-refractivity contribution in [1.82, 2.24) is 0 Å². The van der Waals surface area contributed by atoms with E-state index in [0.29, 0.717) is 5.57 Å². The molecule has 0 saturated carbocycles. The SMILES string of the molecule is C=C(C)C(N)=O.C=CO. The lowest BCUT2D eigenvalue weighted by Gasteiger charge is -1.81. The first-order valence-corrected chi connectivity index (χ1v) is 2.26. The van der Waals surface area contributed by atoms with E-state index in [2.05, 4.69) is 13.2 Å². The lowest BCUT2D eigenvalue weighted by atomic mass is 10.3. The number of amides is 1. The maximum Gasteiger partial charge on any atom is 0.243 e. The highest BCUT2D eigenvalue weighted by Gasteiger charge is 1.86. The molecule has 0 aromatic carbocycles. The zero-order valence-corrected chi connectivity index (χ0v) is 5.42. The molecule has 0 aliphatic heterocycles. The molecule has 9 heavy (non-hydrogen) atoms. The number of aliphatic hydroxyl groups excluding tert-OH is 1. The van der Waals surface area contributed by atoms with E-state index >= 15 is 0 Å². The predicted octanol–water partition coefficient (Wildman–Crippen LogP) is 0.736. The van der Waals surface area contributed by atoms with Crippen LogP contribution in [0.3, 0.4) is 0 Å². The van der Waals surface area contributed by atoms with Crippen LogP contribution in [0.4, 0.5) is 0 Å². The molecule has 0 fully saturated rings. The summed E-state index contributed by atoms with van der Waals surface area (Å²) in [6.45, 7) is 7.77. The Labute approximate surface area is 54.5 Å². The molecule has 0 aliphatic carbocycles. The average Bonchev–Trinajstić information content (AvgIpc) is 1.68. The molecular weight excluding hydrogens is 118 g/mol. The van der Waals surface area contributed by atoms with Crippen LogP contribution in [-0.4, -0.2) is 11.0 Å². The third kappa shape index (κ3) is 20.1. The molecule has 0 atom stereocenters. The minimum Gasteiger partial charge on any atom is -0.516 e. The van der Waals surface area contributed by atoms with Gasteiger partial charge in [0, 0.05) is 5.57 Å². The van der Waals surface area contributed by atoms with Crippen molar-refractivity contribution in [1.29, 1.82) is 0 Å². The van der Waals surface area contributed by atoms with Crippen LogP contribution in [0.25, 0.3) is 0 Å². The molecule has 3 heteroatoms. The molecule has 0 bridgehead atoms. The summed E-state index contributed by atoms with van der Waals surface area (Å²) in [6.07, 6.45) is 0.750. The van der Waals surface area contributed by atoms with E-state index in [1.807, 2.05) is 0 Å². The molecule has 0 spiro atoms. The maximum atomic E-state index is 9.82. The highest BCUT2D eigenvalue weighted by molar-refractivity contribution is 5.90. The summed E-state index contributed by atoms with van der Waals surface area (Å²) in [7, 11) is 0. The van der Waals surface area contributed by atoms with Crippen LogP contribution in [0.2, 0.25) is 0 Å². The number of rotatable bonds is 1. The second-order valence-corrected chi connectivity index (χ2v) is 1.33. The van der Waals surface area contributed by atoms with Gasteiger partial charge in [0.1, 0.15) is 0 Å². The molecule has 0 aromatic heterocycles. The fourth-order valence-corrected chi connectivity index (χ4v) is 0. The highest BCUT2D eigenvalue weighted by Crippen LogP contribution is 1.78. The predicted molar refractivity (Wildman–Crippen MR) is 36.8 cm³/mol. The molecule has 1 amide bonds. The minimum atomic E-state index is -0.435. The van der Waals surface area contributed by atoms with Gasteiger partial charge in [-0.25, -0.2) is 0 Å². The van der Waals surface area contributed by atoms with Gasteiger partial charge in [0.15, 0.2) is 0 Å². The van der Waals surface area contributed by atoms with Crippen molar-refractivity contribution in [2.45, 2.75) is 6.92 Å². The van der Waals surface area contributed by atoms with Gasteiger partial charge in [0.25, 0.3) is 0 Å². The normalized spacial score (nSPS) is 6.33. The van der Waals surface area contributed by atoms with Crippen LogP contribution < -0.4 is 5.73 Å². The van der Waals surface area contributed by atoms with Gasteiger partial charge in [0.2, 0.25) is 5.91 Å². The maximum absolute atomic E-state index is 9.82. The summed E-state index contributed by atoms with van der Waals surface area (Å²) in [6, 6.07) is 0. The number of primary amides is 1. The molecular formula is C6H11NO2. The second-order valence-electron chi connectivity index (χ2n) is 1.33. The van der Waals surface area contributed by atoms with Crippen molar-refractivity contribution < 1.29 is 9.90 Å². The Bertz CT molecular complexity index is 106. The molecule has 0 aliphatic rings. The Kier molecular flexibility index (Phi) is 8.01. The number of carbonyl (C=O) groups excluding carboxylic acids is 1. The van der Waals surface area contributed by atoms with Gasteiger partial charge < -0.3 is 10.8 Å². The third-order valence-corrected chi connectivity index (χ3v) is 0.421. The Morgan fingerprint density at radius 3 is 1.89 bits per heavy atom. The Morgan fingerprint density at radius 1 is 1.78 bits per heavy atom. The van der Waals surface area contributed by atoms with E-state index < -0.39 is 5.91 Å². The molecule has 0 saturated heterocycles. The van der Waals surface area contributed by atoms with Gasteiger partial charge in [0.05, 0.1) is 6.26 Å². The molecule has 0 rings (SSSR count). The highest BCUT2D eigenvalue weighted by atomic mass is 16.2. The van der Waals surface area contributed by atoms with Crippen molar-refractivity contribution in [3.8, 4) is 0 Å². The van der Waals surface area contributed by atoms with Crippen LogP contribution in [0, 0.1) is 0 Å². The molecule has 0 aromatic rings. The van der Waals surface area contributed by atoms with Crippen molar-refractivity contribution in [2.75, 3.05) is 0 Å². The summed E-state index contributed by atoms with van der Waals surface area (Å²) >= 11 is 0. The summed E-state index contributed by atoms with van der Waals surface area (Å²) in [5.41, 5.74) is 5.09. The Hall–Kier alpha value is -1.25. The summed E-state index contributed by atoms with van der Waals surface area (Å²) in [4.78, 5) is 9.82. The molecule has 52 valence electrons. The van der Waals surface area contributed by atoms with Gasteiger partial charge >= 0.3 is 0 Å². The van der Waals surface area contributed by atoms with Gasteiger partial charge in [-0.15, -0.1) is 0 Å². The Balaban J connectivity index is 0. The smallest absolute Gasteiger partial charge is 0.243 e. The fourth-order valence-electron chi connectivity index (χ4n) is 0. The fraction of sp³-hybridized carbons (Fsp3) is 0.167.